The molecule has 4 rings (SSSR count). The molecule has 0 aliphatic carbocycles. The molecule has 2 aliphatic heterocycles. The van der Waals surface area contributed by atoms with Crippen LogP contribution < -0.4 is 11.1 Å². The number of carbonyl (C=O) groups is 2. The molecule has 1 aromatic carbocycles. The predicted molar refractivity (Wildman–Crippen MR) is 105 cm³/mol. The molecule has 2 aromatic rings. The molecule has 7 nitrogen and oxygen atoms in total. The van der Waals surface area contributed by atoms with Crippen LogP contribution in [-0.4, -0.2) is 28.2 Å². The number of hydrogen-bond acceptors (Lipinski definition) is 5. The Labute approximate surface area is 163 Å². The Morgan fingerprint density at radius 3 is 2.71 bits per heavy atom. The molecule has 28 heavy (non-hydrogen) atoms. The maximum atomic E-state index is 13.0. The fraction of sp³-hybridized carbons (Fsp3) is 0.381. The molecular weight excluding hydrogens is 356 g/mol. The number of anilines is 2. The number of benzene rings is 1. The average Bonchev–Trinajstić information content (AvgIpc) is 3.21. The second-order valence-electron chi connectivity index (χ2n) is 7.53. The number of fused-ring (bicyclic) bond motifs is 1. The van der Waals surface area contributed by atoms with E-state index in [1.165, 1.54) is 6.20 Å². The molecule has 0 saturated carbocycles. The zero-order valence-corrected chi connectivity index (χ0v) is 15.9. The maximum Gasteiger partial charge on any atom is 0.313 e. The van der Waals surface area contributed by atoms with E-state index in [1.54, 1.807) is 4.90 Å². The summed E-state index contributed by atoms with van der Waals surface area (Å²) in [5.74, 6) is -0.432. The molecule has 2 unspecified atom stereocenters. The number of rotatable bonds is 2. The smallest absolute Gasteiger partial charge is 0.313 e. The summed E-state index contributed by atoms with van der Waals surface area (Å²) in [5.41, 5.74) is 8.98. The minimum atomic E-state index is -0.657. The summed E-state index contributed by atoms with van der Waals surface area (Å²) in [6.45, 7) is 3.38. The van der Waals surface area contributed by atoms with Crippen molar-refractivity contribution in [1.29, 1.82) is 0 Å². The molecule has 1 aromatic heterocycles. The van der Waals surface area contributed by atoms with Crippen molar-refractivity contribution in [2.24, 2.45) is 5.92 Å². The molecule has 7 heteroatoms. The van der Waals surface area contributed by atoms with Crippen LogP contribution in [0.4, 0.5) is 11.5 Å². The molecule has 146 valence electrons. The van der Waals surface area contributed by atoms with Crippen molar-refractivity contribution in [3.8, 4) is 0 Å². The maximum absolute atomic E-state index is 13.0. The van der Waals surface area contributed by atoms with Gasteiger partial charge in [-0.25, -0.2) is 4.98 Å². The largest absolute Gasteiger partial charge is 0.383 e. The van der Waals surface area contributed by atoms with Crippen LogP contribution in [0.1, 0.15) is 42.5 Å². The highest BCUT2D eigenvalue weighted by molar-refractivity contribution is 6.39. The van der Waals surface area contributed by atoms with Crippen molar-refractivity contribution >= 4 is 23.3 Å². The summed E-state index contributed by atoms with van der Waals surface area (Å²) >= 11 is 0. The van der Waals surface area contributed by atoms with Gasteiger partial charge in [-0.1, -0.05) is 37.3 Å². The van der Waals surface area contributed by atoms with Gasteiger partial charge in [-0.15, -0.1) is 0 Å². The Hall–Kier alpha value is -2.93. The van der Waals surface area contributed by atoms with E-state index in [9.17, 15) is 9.59 Å². The molecule has 3 heterocycles. The van der Waals surface area contributed by atoms with E-state index >= 15 is 0 Å². The lowest BCUT2D eigenvalue weighted by atomic mass is 9.90. The van der Waals surface area contributed by atoms with Gasteiger partial charge < -0.3 is 20.7 Å². The molecule has 0 bridgehead atoms. The Balaban J connectivity index is 1.55. The quantitative estimate of drug-likeness (QED) is 0.781. The first-order chi connectivity index (χ1) is 13.5. The van der Waals surface area contributed by atoms with Crippen LogP contribution in [-0.2, 0) is 27.5 Å². The highest BCUT2D eigenvalue weighted by atomic mass is 16.5. The SMILES string of the molecule is CC1CCC(c2ccccc2)N(C(=O)C(=O)Nc2cnc(N)c3c2COC3)C1. The van der Waals surface area contributed by atoms with E-state index in [0.717, 1.165) is 29.5 Å². The van der Waals surface area contributed by atoms with Crippen LogP contribution in [0.15, 0.2) is 36.5 Å². The Bertz CT molecular complexity index is 900. The lowest BCUT2D eigenvalue weighted by Gasteiger charge is -2.38. The van der Waals surface area contributed by atoms with Crippen molar-refractivity contribution in [2.75, 3.05) is 17.6 Å². The second-order valence-corrected chi connectivity index (χ2v) is 7.53. The van der Waals surface area contributed by atoms with E-state index in [0.29, 0.717) is 37.2 Å². The van der Waals surface area contributed by atoms with Crippen molar-refractivity contribution < 1.29 is 14.3 Å². The predicted octanol–water partition coefficient (Wildman–Crippen LogP) is 2.63. The number of piperidine rings is 1. The van der Waals surface area contributed by atoms with Crippen molar-refractivity contribution in [2.45, 2.75) is 39.0 Å². The van der Waals surface area contributed by atoms with Gasteiger partial charge in [0.2, 0.25) is 0 Å². The number of amides is 2. The van der Waals surface area contributed by atoms with E-state index in [-0.39, 0.29) is 6.04 Å². The Morgan fingerprint density at radius 1 is 1.18 bits per heavy atom. The van der Waals surface area contributed by atoms with Gasteiger partial charge in [-0.3, -0.25) is 9.59 Å². The molecule has 1 saturated heterocycles. The monoisotopic (exact) mass is 380 g/mol. The van der Waals surface area contributed by atoms with Gasteiger partial charge >= 0.3 is 11.8 Å². The van der Waals surface area contributed by atoms with E-state index in [2.05, 4.69) is 17.2 Å². The number of nitrogens with two attached hydrogens (primary N) is 1. The van der Waals surface area contributed by atoms with E-state index in [4.69, 9.17) is 10.5 Å². The highest BCUT2D eigenvalue weighted by Gasteiger charge is 2.34. The van der Waals surface area contributed by atoms with Crippen molar-refractivity contribution in [1.82, 2.24) is 9.88 Å². The van der Waals surface area contributed by atoms with Gasteiger partial charge in [0.05, 0.1) is 31.1 Å². The van der Waals surface area contributed by atoms with Crippen LogP contribution in [0.3, 0.4) is 0 Å². The summed E-state index contributed by atoms with van der Waals surface area (Å²) in [5, 5.41) is 2.73. The number of carbonyl (C=O) groups excluding carboxylic acids is 2. The van der Waals surface area contributed by atoms with Crippen molar-refractivity contribution in [3.63, 3.8) is 0 Å². The van der Waals surface area contributed by atoms with E-state index < -0.39 is 11.8 Å². The van der Waals surface area contributed by atoms with Crippen LogP contribution in [0.2, 0.25) is 0 Å². The molecule has 2 amide bonds. The van der Waals surface area contributed by atoms with Gasteiger partial charge in [-0.05, 0) is 24.3 Å². The number of nitrogens with one attached hydrogen (secondary N) is 1. The minimum absolute atomic E-state index is 0.0887. The van der Waals surface area contributed by atoms with Crippen LogP contribution in [0.25, 0.3) is 0 Å². The minimum Gasteiger partial charge on any atom is -0.383 e. The molecule has 0 spiro atoms. The number of aromatic nitrogens is 1. The van der Waals surface area contributed by atoms with Gasteiger partial charge in [-0.2, -0.15) is 0 Å². The van der Waals surface area contributed by atoms with E-state index in [1.807, 2.05) is 30.3 Å². The lowest BCUT2D eigenvalue weighted by molar-refractivity contribution is -0.146. The Kier molecular flexibility index (Phi) is 5.00. The number of nitrogens with zero attached hydrogens (tertiary/aromatic N) is 2. The summed E-state index contributed by atoms with van der Waals surface area (Å²) in [6.07, 6.45) is 3.36. The fourth-order valence-corrected chi connectivity index (χ4v) is 4.00. The summed E-state index contributed by atoms with van der Waals surface area (Å²) in [7, 11) is 0. The number of ether oxygens (including phenoxy) is 1. The van der Waals surface area contributed by atoms with Gasteiger partial charge in [0.25, 0.3) is 0 Å². The number of likely N-dealkylation sites (tertiary alicyclic amines) is 1. The van der Waals surface area contributed by atoms with Crippen molar-refractivity contribution in [3.05, 3.63) is 53.2 Å². The molecular formula is C21H24N4O3. The lowest BCUT2D eigenvalue weighted by Crippen LogP contribution is -2.46. The third-order valence-electron chi connectivity index (χ3n) is 5.53. The first-order valence-corrected chi connectivity index (χ1v) is 9.55. The van der Waals surface area contributed by atoms with Gasteiger partial charge in [0.1, 0.15) is 5.82 Å². The highest BCUT2D eigenvalue weighted by Crippen LogP contribution is 2.34. The van der Waals surface area contributed by atoms with Crippen LogP contribution in [0, 0.1) is 5.92 Å². The first kappa shape index (κ1) is 18.4. The summed E-state index contributed by atoms with van der Waals surface area (Å²) < 4.78 is 5.42. The third-order valence-corrected chi connectivity index (χ3v) is 5.53. The molecule has 1 fully saturated rings. The molecule has 2 aliphatic rings. The topological polar surface area (TPSA) is 97.6 Å². The van der Waals surface area contributed by atoms with Gasteiger partial charge in [0, 0.05) is 17.7 Å². The van der Waals surface area contributed by atoms with Crippen LogP contribution in [0.5, 0.6) is 0 Å². The molecule has 0 radical (unpaired) electrons. The number of nitrogen functional groups attached to an aromatic ring is 1. The molecule has 3 N–H and O–H groups in total. The summed E-state index contributed by atoms with van der Waals surface area (Å²) in [4.78, 5) is 31.6. The van der Waals surface area contributed by atoms with Gasteiger partial charge in [0.15, 0.2) is 0 Å². The normalized spacial score (nSPS) is 21.2. The Morgan fingerprint density at radius 2 is 1.93 bits per heavy atom. The third kappa shape index (κ3) is 3.45. The number of hydrogen-bond donors (Lipinski definition) is 2. The zero-order chi connectivity index (χ0) is 19.7. The summed E-state index contributed by atoms with van der Waals surface area (Å²) in [6, 6.07) is 9.79. The fourth-order valence-electron chi connectivity index (χ4n) is 4.00. The standard InChI is InChI=1S/C21H24N4O3/c1-13-7-8-18(14-5-3-2-4-6-14)25(10-13)21(27)20(26)24-17-9-23-19(22)16-12-28-11-15(16)17/h2-6,9,13,18H,7-8,10-12H2,1H3,(H2,22,23)(H,24,26). The first-order valence-electron chi connectivity index (χ1n) is 9.55. The second kappa shape index (κ2) is 7.59. The average molecular weight is 380 g/mol. The van der Waals surface area contributed by atoms with Crippen LogP contribution >= 0.6 is 0 Å². The molecule has 2 atom stereocenters. The zero-order valence-electron chi connectivity index (χ0n) is 15.9. The number of pyridine rings is 1.